The van der Waals surface area contributed by atoms with Gasteiger partial charge in [0.25, 0.3) is 0 Å². The fourth-order valence-electron chi connectivity index (χ4n) is 4.45. The van der Waals surface area contributed by atoms with E-state index in [1.54, 1.807) is 0 Å². The number of aliphatic carboxylic acids is 1. The summed E-state index contributed by atoms with van der Waals surface area (Å²) in [5.74, 6) is 0.135. The predicted octanol–water partition coefficient (Wildman–Crippen LogP) is 8.67. The molecule has 0 saturated heterocycles. The molecular formula is C28H47ClO5PS+. The van der Waals surface area contributed by atoms with Gasteiger partial charge in [-0.2, -0.15) is 12.6 Å². The van der Waals surface area contributed by atoms with E-state index in [1.165, 1.54) is 37.7 Å². The van der Waals surface area contributed by atoms with Crippen molar-refractivity contribution < 1.29 is 23.9 Å². The Bertz CT molecular complexity index is 720. The molecule has 0 heterocycles. The molecule has 0 aliphatic rings. The SMILES string of the molecule is CCCC(CCCC(OCCCOC(C)CCCCCCCCS)([PH+]=O)C(=O)O)c1ccc(Cl)cc1. The van der Waals surface area contributed by atoms with Gasteiger partial charge in [0.2, 0.25) is 0 Å². The molecule has 8 heteroatoms. The van der Waals surface area contributed by atoms with Crippen LogP contribution in [-0.2, 0) is 18.8 Å². The van der Waals surface area contributed by atoms with Gasteiger partial charge in [0.05, 0.1) is 12.7 Å². The van der Waals surface area contributed by atoms with E-state index >= 15 is 0 Å². The molecule has 36 heavy (non-hydrogen) atoms. The van der Waals surface area contributed by atoms with Crippen LogP contribution < -0.4 is 0 Å². The molecule has 1 aromatic carbocycles. The van der Waals surface area contributed by atoms with Crippen LogP contribution >= 0.6 is 32.7 Å². The number of rotatable bonds is 23. The molecule has 4 atom stereocenters. The van der Waals surface area contributed by atoms with Gasteiger partial charge in [0.15, 0.2) is 0 Å². The summed E-state index contributed by atoms with van der Waals surface area (Å²) in [6, 6.07) is 7.84. The van der Waals surface area contributed by atoms with Gasteiger partial charge in [-0.05, 0) is 74.8 Å². The highest BCUT2D eigenvalue weighted by Gasteiger charge is 2.48. The van der Waals surface area contributed by atoms with Gasteiger partial charge in [0.1, 0.15) is 0 Å². The highest BCUT2D eigenvalue weighted by molar-refractivity contribution is 7.80. The Morgan fingerprint density at radius 2 is 1.67 bits per heavy atom. The summed E-state index contributed by atoms with van der Waals surface area (Å²) in [7, 11) is -1.06. The Morgan fingerprint density at radius 1 is 1.00 bits per heavy atom. The maximum atomic E-state index is 12.0. The molecule has 1 N–H and O–H groups in total. The van der Waals surface area contributed by atoms with Gasteiger partial charge in [-0.1, -0.05) is 73.7 Å². The van der Waals surface area contributed by atoms with E-state index in [2.05, 4.69) is 26.5 Å². The number of halogens is 1. The third-order valence-corrected chi connectivity index (χ3v) is 8.13. The topological polar surface area (TPSA) is 72.8 Å². The van der Waals surface area contributed by atoms with E-state index < -0.39 is 19.8 Å². The van der Waals surface area contributed by atoms with Crippen LogP contribution in [0.4, 0.5) is 0 Å². The van der Waals surface area contributed by atoms with E-state index in [1.807, 2.05) is 24.3 Å². The van der Waals surface area contributed by atoms with Crippen molar-refractivity contribution in [2.45, 2.75) is 115 Å². The second-order valence-corrected chi connectivity index (χ2v) is 11.6. The van der Waals surface area contributed by atoms with Gasteiger partial charge in [-0.25, -0.2) is 4.79 Å². The zero-order chi connectivity index (χ0) is 26.7. The highest BCUT2D eigenvalue weighted by atomic mass is 35.5. The predicted molar refractivity (Wildman–Crippen MR) is 154 cm³/mol. The van der Waals surface area contributed by atoms with E-state index in [-0.39, 0.29) is 19.1 Å². The number of carboxylic acids is 1. The maximum absolute atomic E-state index is 12.0. The van der Waals surface area contributed by atoms with Crippen molar-refractivity contribution in [1.82, 2.24) is 0 Å². The summed E-state index contributed by atoms with van der Waals surface area (Å²) >= 11 is 10.3. The monoisotopic (exact) mass is 561 g/mol. The fraction of sp³-hybridized carbons (Fsp3) is 0.750. The molecule has 0 spiro atoms. The van der Waals surface area contributed by atoms with Crippen LogP contribution in [0.3, 0.4) is 0 Å². The van der Waals surface area contributed by atoms with Gasteiger partial charge in [-0.3, -0.25) is 0 Å². The van der Waals surface area contributed by atoms with E-state index in [4.69, 9.17) is 21.1 Å². The van der Waals surface area contributed by atoms with Gasteiger partial charge < -0.3 is 14.6 Å². The molecule has 0 amide bonds. The Balaban J connectivity index is 2.37. The lowest BCUT2D eigenvalue weighted by Gasteiger charge is -2.20. The van der Waals surface area contributed by atoms with Crippen molar-refractivity contribution in [3.63, 3.8) is 0 Å². The second-order valence-electron chi connectivity index (χ2n) is 9.68. The number of thiol groups is 1. The minimum Gasteiger partial charge on any atom is -0.476 e. The Hall–Kier alpha value is -0.650. The number of carbonyl (C=O) groups is 1. The van der Waals surface area contributed by atoms with Crippen LogP contribution in [0.1, 0.15) is 109 Å². The number of unbranched alkanes of at least 4 members (excludes halogenated alkanes) is 5. The first-order chi connectivity index (χ1) is 17.4. The summed E-state index contributed by atoms with van der Waals surface area (Å²) < 4.78 is 23.6. The van der Waals surface area contributed by atoms with Crippen LogP contribution in [0.5, 0.6) is 0 Å². The van der Waals surface area contributed by atoms with Crippen LogP contribution in [0, 0.1) is 0 Å². The normalized spacial score (nSPS) is 15.0. The van der Waals surface area contributed by atoms with Gasteiger partial charge >= 0.3 is 19.8 Å². The lowest BCUT2D eigenvalue weighted by atomic mass is 9.89. The summed E-state index contributed by atoms with van der Waals surface area (Å²) in [5.41, 5.74) is 1.20. The third-order valence-electron chi connectivity index (χ3n) is 6.63. The molecule has 1 rings (SSSR count). The van der Waals surface area contributed by atoms with Crippen LogP contribution in [-0.4, -0.2) is 41.5 Å². The fourth-order valence-corrected chi connectivity index (χ4v) is 5.32. The maximum Gasteiger partial charge on any atom is 0.387 e. The van der Waals surface area contributed by atoms with Crippen LogP contribution in [0.2, 0.25) is 5.02 Å². The molecule has 206 valence electrons. The van der Waals surface area contributed by atoms with Crippen molar-refractivity contribution >= 4 is 38.7 Å². The molecule has 0 aliphatic heterocycles. The van der Waals surface area contributed by atoms with Crippen molar-refractivity contribution in [2.75, 3.05) is 19.0 Å². The minimum absolute atomic E-state index is 0.177. The second kappa shape index (κ2) is 20.3. The standard InChI is InChI=1S/C28H46ClO5PS/c1-3-12-24(25-15-17-26(29)18-16-25)14-10-19-28(35-32,27(30)31)34-21-11-20-33-23(2)13-8-6-4-5-7-9-22-36/h15-18,23-24,36H,3-14,19-22H2,1-2H3,(H,30,31)/p+1. The number of benzene rings is 1. The summed E-state index contributed by atoms with van der Waals surface area (Å²) in [5, 5.41) is 8.86. The summed E-state index contributed by atoms with van der Waals surface area (Å²) in [6.07, 6.45) is 12.9. The molecule has 0 radical (unpaired) electrons. The molecule has 0 saturated carbocycles. The molecule has 1 aromatic rings. The Labute approximate surface area is 230 Å². The van der Waals surface area contributed by atoms with Gasteiger partial charge in [-0.15, -0.1) is 0 Å². The summed E-state index contributed by atoms with van der Waals surface area (Å²) in [4.78, 5) is 12.0. The zero-order valence-corrected chi connectivity index (χ0v) is 24.8. The zero-order valence-electron chi connectivity index (χ0n) is 22.2. The minimum atomic E-state index is -1.64. The Morgan fingerprint density at radius 3 is 2.28 bits per heavy atom. The largest absolute Gasteiger partial charge is 0.476 e. The van der Waals surface area contributed by atoms with Crippen molar-refractivity contribution in [3.05, 3.63) is 34.9 Å². The molecular weight excluding hydrogens is 515 g/mol. The lowest BCUT2D eigenvalue weighted by molar-refractivity contribution is -0.155. The molecule has 4 unspecified atom stereocenters. The first-order valence-electron chi connectivity index (χ1n) is 13.6. The quantitative estimate of drug-likeness (QED) is 0.0794. The lowest BCUT2D eigenvalue weighted by Crippen LogP contribution is -2.36. The van der Waals surface area contributed by atoms with Crippen LogP contribution in [0.25, 0.3) is 0 Å². The average molecular weight is 562 g/mol. The van der Waals surface area contributed by atoms with Crippen molar-refractivity contribution in [1.29, 1.82) is 0 Å². The smallest absolute Gasteiger partial charge is 0.387 e. The van der Waals surface area contributed by atoms with E-state index in [9.17, 15) is 14.5 Å². The third kappa shape index (κ3) is 13.8. The van der Waals surface area contributed by atoms with Crippen molar-refractivity contribution in [2.24, 2.45) is 0 Å². The molecule has 0 fully saturated rings. The average Bonchev–Trinajstić information content (AvgIpc) is 2.86. The molecule has 5 nitrogen and oxygen atoms in total. The molecule has 0 bridgehead atoms. The van der Waals surface area contributed by atoms with E-state index in [0.717, 1.165) is 37.9 Å². The molecule has 0 aliphatic carbocycles. The van der Waals surface area contributed by atoms with E-state index in [0.29, 0.717) is 30.4 Å². The number of hydrogen-bond donors (Lipinski definition) is 2. The number of carboxylic acid groups (broad SMARTS) is 1. The summed E-state index contributed by atoms with van der Waals surface area (Å²) in [6.45, 7) is 4.95. The van der Waals surface area contributed by atoms with Crippen LogP contribution in [0.15, 0.2) is 24.3 Å². The Kier molecular flexibility index (Phi) is 18.8. The van der Waals surface area contributed by atoms with Crippen molar-refractivity contribution in [3.8, 4) is 0 Å². The first kappa shape index (κ1) is 33.4. The highest BCUT2D eigenvalue weighted by Crippen LogP contribution is 2.35. The first-order valence-corrected chi connectivity index (χ1v) is 15.5. The molecule has 0 aromatic heterocycles. The number of ether oxygens (including phenoxy) is 2. The number of hydrogen-bond acceptors (Lipinski definition) is 5. The van der Waals surface area contributed by atoms with Gasteiger partial charge in [0, 0.05) is 18.1 Å².